The second kappa shape index (κ2) is 14.6. The number of nitrogens with one attached hydrogen (secondary N) is 2. The first-order chi connectivity index (χ1) is 22.3. The zero-order valence-corrected chi connectivity index (χ0v) is 24.8. The van der Waals surface area contributed by atoms with E-state index in [1.165, 1.54) is 30.5 Å². The van der Waals surface area contributed by atoms with E-state index in [0.717, 1.165) is 11.1 Å². The van der Waals surface area contributed by atoms with Crippen LogP contribution in [0.5, 0.6) is 0 Å². The summed E-state index contributed by atoms with van der Waals surface area (Å²) in [6.07, 6.45) is 3.32. The Morgan fingerprint density at radius 1 is 0.913 bits per heavy atom. The molecular weight excluding hydrogens is 588 g/mol. The third kappa shape index (κ3) is 7.91. The molecule has 2 heterocycles. The van der Waals surface area contributed by atoms with Crippen LogP contribution in [0, 0.1) is 0 Å². The second-order valence-corrected chi connectivity index (χ2v) is 10.4. The molecule has 0 saturated carbocycles. The van der Waals surface area contributed by atoms with Gasteiger partial charge in [0.2, 0.25) is 5.91 Å². The summed E-state index contributed by atoms with van der Waals surface area (Å²) in [5.74, 6) is -2.09. The summed E-state index contributed by atoms with van der Waals surface area (Å²) in [4.78, 5) is 61.0. The molecule has 1 aliphatic heterocycles. The molecule has 1 saturated heterocycles. The molecule has 0 radical (unpaired) electrons. The standard InChI is InChI=1S/C34H32N6O6/c1-2-29(41)40-16-15-25(19-40)37-28-18-36-30(31(35)42)32(39-28)38-24-13-14-26(33(43)45-20-22-9-5-3-6-10-22)27(17-24)34(44)46-21-23-11-7-4-8-12-23/h2-14,17-18,25H,1,15-16,19-21H2,(H2,35,42)(H2,37,38,39)/t25-/m1/s1. The Kier molecular flexibility index (Phi) is 9.98. The molecule has 1 aliphatic rings. The molecule has 12 heteroatoms. The maximum Gasteiger partial charge on any atom is 0.339 e. The number of likely N-dealkylation sites (tertiary alicyclic amines) is 1. The molecule has 12 nitrogen and oxygen atoms in total. The van der Waals surface area contributed by atoms with Crippen LogP contribution in [-0.4, -0.2) is 57.8 Å². The molecule has 0 aliphatic carbocycles. The van der Waals surface area contributed by atoms with Crippen molar-refractivity contribution in [1.82, 2.24) is 14.9 Å². The minimum atomic E-state index is -0.825. The summed E-state index contributed by atoms with van der Waals surface area (Å²) in [6.45, 7) is 4.53. The van der Waals surface area contributed by atoms with Crippen LogP contribution in [-0.2, 0) is 27.5 Å². The van der Waals surface area contributed by atoms with Crippen LogP contribution in [0.15, 0.2) is 97.7 Å². The highest BCUT2D eigenvalue weighted by Gasteiger charge is 2.26. The molecule has 234 valence electrons. The lowest BCUT2D eigenvalue weighted by Crippen LogP contribution is -2.30. The van der Waals surface area contributed by atoms with Gasteiger partial charge in [-0.2, -0.15) is 0 Å². The van der Waals surface area contributed by atoms with Crippen molar-refractivity contribution in [2.45, 2.75) is 25.7 Å². The number of hydrogen-bond acceptors (Lipinski definition) is 10. The topological polar surface area (TPSA) is 166 Å². The van der Waals surface area contributed by atoms with Gasteiger partial charge in [0, 0.05) is 24.8 Å². The maximum atomic E-state index is 13.3. The van der Waals surface area contributed by atoms with Crippen molar-refractivity contribution in [2.75, 3.05) is 23.7 Å². The number of rotatable bonds is 12. The van der Waals surface area contributed by atoms with Gasteiger partial charge in [-0.05, 0) is 41.8 Å². The maximum absolute atomic E-state index is 13.3. The number of esters is 2. The Hall–Kier alpha value is -6.04. The van der Waals surface area contributed by atoms with E-state index in [-0.39, 0.29) is 47.8 Å². The second-order valence-electron chi connectivity index (χ2n) is 10.4. The van der Waals surface area contributed by atoms with Gasteiger partial charge < -0.3 is 30.7 Å². The van der Waals surface area contributed by atoms with Crippen molar-refractivity contribution in [2.24, 2.45) is 5.73 Å². The third-order valence-corrected chi connectivity index (χ3v) is 7.18. The van der Waals surface area contributed by atoms with Gasteiger partial charge in [0.1, 0.15) is 19.0 Å². The Balaban J connectivity index is 1.39. The van der Waals surface area contributed by atoms with E-state index >= 15 is 0 Å². The first-order valence-electron chi connectivity index (χ1n) is 14.5. The number of carbonyl (C=O) groups is 4. The normalized spacial score (nSPS) is 13.8. The van der Waals surface area contributed by atoms with Gasteiger partial charge in [0.15, 0.2) is 11.5 Å². The van der Waals surface area contributed by atoms with Gasteiger partial charge >= 0.3 is 11.9 Å². The van der Waals surface area contributed by atoms with Gasteiger partial charge in [0.05, 0.1) is 17.3 Å². The quantitative estimate of drug-likeness (QED) is 0.154. The van der Waals surface area contributed by atoms with Crippen molar-refractivity contribution in [3.63, 3.8) is 0 Å². The molecule has 1 atom stereocenters. The summed E-state index contributed by atoms with van der Waals surface area (Å²) in [7, 11) is 0. The predicted octanol–water partition coefficient (Wildman–Crippen LogP) is 4.23. The smallest absolute Gasteiger partial charge is 0.339 e. The number of aromatic nitrogens is 2. The number of carbonyl (C=O) groups excluding carboxylic acids is 4. The molecule has 1 aromatic heterocycles. The average molecular weight is 621 g/mol. The Morgan fingerprint density at radius 2 is 1.54 bits per heavy atom. The van der Waals surface area contributed by atoms with Crippen LogP contribution in [0.1, 0.15) is 48.8 Å². The molecule has 0 unspecified atom stereocenters. The predicted molar refractivity (Wildman–Crippen MR) is 170 cm³/mol. The lowest BCUT2D eigenvalue weighted by Gasteiger charge is -2.17. The van der Waals surface area contributed by atoms with Gasteiger partial charge in [-0.1, -0.05) is 67.2 Å². The summed E-state index contributed by atoms with van der Waals surface area (Å²) >= 11 is 0. The number of primary amides is 1. The number of ether oxygens (including phenoxy) is 2. The van der Waals surface area contributed by atoms with Crippen LogP contribution in [0.2, 0.25) is 0 Å². The highest BCUT2D eigenvalue weighted by Crippen LogP contribution is 2.25. The van der Waals surface area contributed by atoms with Crippen molar-refractivity contribution < 1.29 is 28.7 Å². The minimum Gasteiger partial charge on any atom is -0.457 e. The van der Waals surface area contributed by atoms with E-state index in [1.807, 2.05) is 60.7 Å². The van der Waals surface area contributed by atoms with Crippen LogP contribution in [0.25, 0.3) is 0 Å². The van der Waals surface area contributed by atoms with E-state index in [9.17, 15) is 19.2 Å². The molecule has 46 heavy (non-hydrogen) atoms. The van der Waals surface area contributed by atoms with Gasteiger partial charge in [-0.25, -0.2) is 19.6 Å². The van der Waals surface area contributed by atoms with Crippen LogP contribution < -0.4 is 16.4 Å². The lowest BCUT2D eigenvalue weighted by molar-refractivity contribution is -0.125. The van der Waals surface area contributed by atoms with Crippen molar-refractivity contribution in [3.8, 4) is 0 Å². The zero-order valence-electron chi connectivity index (χ0n) is 24.8. The molecule has 4 aromatic rings. The monoisotopic (exact) mass is 620 g/mol. The van der Waals surface area contributed by atoms with E-state index < -0.39 is 17.8 Å². The van der Waals surface area contributed by atoms with Gasteiger partial charge in [-0.3, -0.25) is 9.59 Å². The Bertz CT molecular complexity index is 1750. The molecule has 2 amide bonds. The largest absolute Gasteiger partial charge is 0.457 e. The van der Waals surface area contributed by atoms with Gasteiger partial charge in [-0.15, -0.1) is 0 Å². The molecule has 3 aromatic carbocycles. The third-order valence-electron chi connectivity index (χ3n) is 7.18. The molecule has 5 rings (SSSR count). The molecule has 1 fully saturated rings. The summed E-state index contributed by atoms with van der Waals surface area (Å²) < 4.78 is 11.0. The summed E-state index contributed by atoms with van der Waals surface area (Å²) in [5.41, 5.74) is 7.24. The van der Waals surface area contributed by atoms with Crippen LogP contribution in [0.3, 0.4) is 0 Å². The van der Waals surface area contributed by atoms with Crippen LogP contribution in [0.4, 0.5) is 17.3 Å². The molecule has 0 spiro atoms. The number of amides is 2. The van der Waals surface area contributed by atoms with Crippen molar-refractivity contribution >= 4 is 41.1 Å². The highest BCUT2D eigenvalue weighted by atomic mass is 16.5. The van der Waals surface area contributed by atoms with Crippen molar-refractivity contribution in [3.05, 3.63) is 126 Å². The minimum absolute atomic E-state index is 0.00368. The van der Waals surface area contributed by atoms with E-state index in [1.54, 1.807) is 4.90 Å². The average Bonchev–Trinajstić information content (AvgIpc) is 3.55. The zero-order chi connectivity index (χ0) is 32.5. The van der Waals surface area contributed by atoms with Crippen LogP contribution >= 0.6 is 0 Å². The lowest BCUT2D eigenvalue weighted by atomic mass is 10.1. The first-order valence-corrected chi connectivity index (χ1v) is 14.5. The summed E-state index contributed by atoms with van der Waals surface area (Å²) in [6, 6.07) is 22.5. The molecule has 0 bridgehead atoms. The molecular formula is C34H32N6O6. The van der Waals surface area contributed by atoms with E-state index in [0.29, 0.717) is 31.0 Å². The number of nitrogens with two attached hydrogens (primary N) is 1. The SMILES string of the molecule is C=CC(=O)N1CC[C@@H](Nc2cnc(C(N)=O)c(Nc3ccc(C(=O)OCc4ccccc4)c(C(=O)OCc4ccccc4)c3)n2)C1. The number of benzene rings is 3. The Labute approximate surface area is 265 Å². The fraction of sp³-hybridized carbons (Fsp3) is 0.176. The molecule has 4 N–H and O–H groups in total. The first kappa shape index (κ1) is 31.4. The summed E-state index contributed by atoms with van der Waals surface area (Å²) in [5, 5.41) is 6.22. The Morgan fingerprint density at radius 3 is 2.15 bits per heavy atom. The number of hydrogen-bond donors (Lipinski definition) is 3. The highest BCUT2D eigenvalue weighted by molar-refractivity contribution is 6.04. The van der Waals surface area contributed by atoms with E-state index in [4.69, 9.17) is 15.2 Å². The fourth-order valence-electron chi connectivity index (χ4n) is 4.85. The number of nitrogens with zero attached hydrogens (tertiary/aromatic N) is 3. The van der Waals surface area contributed by atoms with Gasteiger partial charge in [0.25, 0.3) is 5.91 Å². The van der Waals surface area contributed by atoms with Crippen molar-refractivity contribution in [1.29, 1.82) is 0 Å². The van der Waals surface area contributed by atoms with E-state index in [2.05, 4.69) is 27.2 Å². The number of anilines is 3. The fourth-order valence-corrected chi connectivity index (χ4v) is 4.85.